The second-order valence-corrected chi connectivity index (χ2v) is 6.71. The number of carbonyl (C=O) groups is 1. The summed E-state index contributed by atoms with van der Waals surface area (Å²) in [5.41, 5.74) is 6.32. The topological polar surface area (TPSA) is 89.1 Å². The van der Waals surface area contributed by atoms with Crippen LogP contribution in [0.5, 0.6) is 0 Å². The third kappa shape index (κ3) is 4.82. The van der Waals surface area contributed by atoms with Crippen molar-refractivity contribution in [1.82, 2.24) is 20.4 Å². The number of imidazole rings is 1. The van der Waals surface area contributed by atoms with E-state index >= 15 is 0 Å². The number of ether oxygens (including phenoxy) is 1. The highest BCUT2D eigenvalue weighted by molar-refractivity contribution is 5.90. The molecule has 1 fully saturated rings. The van der Waals surface area contributed by atoms with E-state index in [1.165, 1.54) is 6.08 Å². The minimum atomic E-state index is -0.348. The summed E-state index contributed by atoms with van der Waals surface area (Å²) in [6.45, 7) is 0.674. The highest BCUT2D eigenvalue weighted by Gasteiger charge is 2.14. The lowest BCUT2D eigenvalue weighted by Crippen LogP contribution is -2.32. The van der Waals surface area contributed by atoms with Crippen LogP contribution >= 0.6 is 0 Å². The van der Waals surface area contributed by atoms with E-state index in [9.17, 15) is 4.79 Å². The fourth-order valence-corrected chi connectivity index (χ4v) is 3.07. The molecule has 4 rings (SSSR count). The van der Waals surface area contributed by atoms with Crippen LogP contribution in [0.3, 0.4) is 0 Å². The number of hydrogen-bond acceptors (Lipinski definition) is 5. The van der Waals surface area contributed by atoms with Gasteiger partial charge in [0.2, 0.25) is 0 Å². The molecule has 0 aliphatic carbocycles. The Bertz CT molecular complexity index is 926. The van der Waals surface area contributed by atoms with Gasteiger partial charge in [0.1, 0.15) is 5.82 Å². The van der Waals surface area contributed by atoms with Crippen LogP contribution in [-0.4, -0.2) is 33.8 Å². The highest BCUT2D eigenvalue weighted by atomic mass is 16.8. The minimum absolute atomic E-state index is 0.311. The van der Waals surface area contributed by atoms with Crippen LogP contribution in [0.1, 0.15) is 36.2 Å². The van der Waals surface area contributed by atoms with Crippen molar-refractivity contribution in [2.75, 3.05) is 6.61 Å². The van der Waals surface area contributed by atoms with Crippen LogP contribution in [0.2, 0.25) is 0 Å². The summed E-state index contributed by atoms with van der Waals surface area (Å²) in [5, 5.41) is 0. The molecule has 7 nitrogen and oxygen atoms in total. The molecule has 1 aliphatic heterocycles. The van der Waals surface area contributed by atoms with Gasteiger partial charge in [-0.1, -0.05) is 24.3 Å². The van der Waals surface area contributed by atoms with Crippen molar-refractivity contribution in [3.63, 3.8) is 0 Å². The van der Waals surface area contributed by atoms with E-state index in [1.807, 2.05) is 30.3 Å². The van der Waals surface area contributed by atoms with E-state index in [2.05, 4.69) is 20.4 Å². The number of nitrogens with one attached hydrogen (secondary N) is 2. The Morgan fingerprint density at radius 2 is 2.18 bits per heavy atom. The Labute approximate surface area is 162 Å². The number of fused-ring (bicyclic) bond motifs is 1. The second-order valence-electron chi connectivity index (χ2n) is 6.71. The first-order chi connectivity index (χ1) is 13.8. The van der Waals surface area contributed by atoms with Crippen molar-refractivity contribution in [2.24, 2.45) is 0 Å². The summed E-state index contributed by atoms with van der Waals surface area (Å²) in [7, 11) is 0. The summed E-state index contributed by atoms with van der Waals surface area (Å²) in [5.74, 6) is 0.585. The average Bonchev–Trinajstić information content (AvgIpc) is 3.15. The van der Waals surface area contributed by atoms with Gasteiger partial charge in [-0.3, -0.25) is 9.78 Å². The molecule has 2 N–H and O–H groups in total. The van der Waals surface area contributed by atoms with Crippen LogP contribution in [0.15, 0.2) is 48.8 Å². The minimum Gasteiger partial charge on any atom is -0.350 e. The van der Waals surface area contributed by atoms with Gasteiger partial charge < -0.3 is 9.72 Å². The van der Waals surface area contributed by atoms with Gasteiger partial charge in [0, 0.05) is 31.7 Å². The van der Waals surface area contributed by atoms with Gasteiger partial charge in [0.15, 0.2) is 6.29 Å². The first kappa shape index (κ1) is 18.3. The van der Waals surface area contributed by atoms with Crippen molar-refractivity contribution >= 4 is 23.0 Å². The Hall–Kier alpha value is -3.03. The van der Waals surface area contributed by atoms with E-state index in [-0.39, 0.29) is 12.2 Å². The molecule has 1 aromatic carbocycles. The van der Waals surface area contributed by atoms with Crippen molar-refractivity contribution < 1.29 is 14.4 Å². The number of amides is 1. The molecule has 7 heteroatoms. The molecule has 2 aromatic heterocycles. The lowest BCUT2D eigenvalue weighted by atomic mass is 10.1. The number of benzene rings is 1. The molecular weight excluding hydrogens is 356 g/mol. The number of rotatable bonds is 6. The van der Waals surface area contributed by atoms with E-state index in [0.717, 1.165) is 47.2 Å². The van der Waals surface area contributed by atoms with Gasteiger partial charge in [0.05, 0.1) is 17.2 Å². The predicted octanol–water partition coefficient (Wildman–Crippen LogP) is 3.14. The summed E-state index contributed by atoms with van der Waals surface area (Å²) in [6.07, 6.45) is 9.94. The molecule has 0 saturated carbocycles. The standard InChI is InChI=1S/C21H22N4O3/c26-20(25-28-21-3-1-2-12-27-21)9-8-15-4-6-16(7-5-15)13-19-23-17-10-11-22-14-18(17)24-19/h4-11,14,21H,1-3,12-13H2,(H,23,24)(H,25,26). The number of nitrogens with zero attached hydrogens (tertiary/aromatic N) is 2. The zero-order valence-corrected chi connectivity index (χ0v) is 15.4. The lowest BCUT2D eigenvalue weighted by Gasteiger charge is -2.21. The van der Waals surface area contributed by atoms with Gasteiger partial charge in [-0.25, -0.2) is 15.3 Å². The number of pyridine rings is 1. The summed E-state index contributed by atoms with van der Waals surface area (Å²) in [4.78, 5) is 29.0. The molecule has 1 saturated heterocycles. The molecule has 28 heavy (non-hydrogen) atoms. The predicted molar refractivity (Wildman–Crippen MR) is 105 cm³/mol. The number of hydroxylamine groups is 1. The average molecular weight is 378 g/mol. The van der Waals surface area contributed by atoms with Crippen LogP contribution < -0.4 is 5.48 Å². The molecule has 1 aliphatic rings. The zero-order chi connectivity index (χ0) is 19.2. The summed E-state index contributed by atoms with van der Waals surface area (Å²) < 4.78 is 5.40. The Balaban J connectivity index is 1.29. The molecule has 1 amide bonds. The van der Waals surface area contributed by atoms with Crippen molar-refractivity contribution in [2.45, 2.75) is 32.0 Å². The molecule has 0 spiro atoms. The largest absolute Gasteiger partial charge is 0.350 e. The molecule has 1 unspecified atom stereocenters. The van der Waals surface area contributed by atoms with E-state index in [1.54, 1.807) is 18.5 Å². The van der Waals surface area contributed by atoms with Crippen LogP contribution in [0, 0.1) is 0 Å². The maximum Gasteiger partial charge on any atom is 0.267 e. The molecular formula is C21H22N4O3. The highest BCUT2D eigenvalue weighted by Crippen LogP contribution is 2.14. The lowest BCUT2D eigenvalue weighted by molar-refractivity contribution is -0.198. The zero-order valence-electron chi connectivity index (χ0n) is 15.4. The van der Waals surface area contributed by atoms with Crippen LogP contribution in [0.4, 0.5) is 0 Å². The first-order valence-electron chi connectivity index (χ1n) is 9.39. The smallest absolute Gasteiger partial charge is 0.267 e. The van der Waals surface area contributed by atoms with Gasteiger partial charge in [-0.05, 0) is 36.1 Å². The van der Waals surface area contributed by atoms with Crippen molar-refractivity contribution in [3.8, 4) is 0 Å². The van der Waals surface area contributed by atoms with Crippen molar-refractivity contribution in [3.05, 3.63) is 65.8 Å². The Kier molecular flexibility index (Phi) is 5.75. The molecule has 1 atom stereocenters. The van der Waals surface area contributed by atoms with Crippen molar-refractivity contribution in [1.29, 1.82) is 0 Å². The Morgan fingerprint density at radius 3 is 2.96 bits per heavy atom. The summed E-state index contributed by atoms with van der Waals surface area (Å²) in [6, 6.07) is 9.87. The van der Waals surface area contributed by atoms with E-state index in [0.29, 0.717) is 13.0 Å². The Morgan fingerprint density at radius 1 is 1.29 bits per heavy atom. The molecule has 3 heterocycles. The van der Waals surface area contributed by atoms with Gasteiger partial charge in [-0.15, -0.1) is 0 Å². The third-order valence-corrected chi connectivity index (χ3v) is 4.54. The maximum absolute atomic E-state index is 11.9. The quantitative estimate of drug-likeness (QED) is 0.508. The maximum atomic E-state index is 11.9. The summed E-state index contributed by atoms with van der Waals surface area (Å²) >= 11 is 0. The van der Waals surface area contributed by atoms with Gasteiger partial charge in [0.25, 0.3) is 5.91 Å². The fraction of sp³-hybridized carbons (Fsp3) is 0.286. The molecule has 144 valence electrons. The van der Waals surface area contributed by atoms with E-state index in [4.69, 9.17) is 9.57 Å². The number of aromatic amines is 1. The first-order valence-corrected chi connectivity index (χ1v) is 9.39. The molecule has 0 bridgehead atoms. The number of aromatic nitrogens is 3. The number of H-pyrrole nitrogens is 1. The third-order valence-electron chi connectivity index (χ3n) is 4.54. The normalized spacial score (nSPS) is 17.2. The second kappa shape index (κ2) is 8.77. The fourth-order valence-electron chi connectivity index (χ4n) is 3.07. The number of carbonyl (C=O) groups excluding carboxylic acids is 1. The SMILES string of the molecule is O=C(C=Cc1ccc(Cc2nc3ccncc3[nH]2)cc1)NOC1CCCCO1. The van der Waals surface area contributed by atoms with Gasteiger partial charge in [-0.2, -0.15) is 0 Å². The monoisotopic (exact) mass is 378 g/mol. The van der Waals surface area contributed by atoms with E-state index < -0.39 is 0 Å². The molecule has 3 aromatic rings. The van der Waals surface area contributed by atoms with Crippen LogP contribution in [-0.2, 0) is 20.8 Å². The molecule has 0 radical (unpaired) electrons. The van der Waals surface area contributed by atoms with Crippen LogP contribution in [0.25, 0.3) is 17.1 Å². The van der Waals surface area contributed by atoms with Gasteiger partial charge >= 0.3 is 0 Å². The number of hydrogen-bond donors (Lipinski definition) is 2.